The van der Waals surface area contributed by atoms with E-state index in [0.717, 1.165) is 40.5 Å². The van der Waals surface area contributed by atoms with E-state index in [9.17, 15) is 17.6 Å². The van der Waals surface area contributed by atoms with E-state index < -0.39 is 18.0 Å². The molecule has 1 atom stereocenters. The van der Waals surface area contributed by atoms with Crippen LogP contribution in [0.1, 0.15) is 24.1 Å². The molecule has 0 aliphatic rings. The van der Waals surface area contributed by atoms with Crippen molar-refractivity contribution in [3.05, 3.63) is 59.7 Å². The zero-order valence-corrected chi connectivity index (χ0v) is 13.4. The first-order valence-electron chi connectivity index (χ1n) is 6.97. The molecule has 0 fully saturated rings. The average Bonchev–Trinajstić information content (AvgIpc) is 2.55. The molecule has 0 saturated heterocycles. The van der Waals surface area contributed by atoms with E-state index in [4.69, 9.17) is 5.26 Å². The third kappa shape index (κ3) is 4.46. The van der Waals surface area contributed by atoms with Crippen molar-refractivity contribution < 1.29 is 17.6 Å². The highest BCUT2D eigenvalue weighted by atomic mass is 32.2. The normalized spacial score (nSPS) is 12.9. The largest absolute Gasteiger partial charge is 0.408 e. The van der Waals surface area contributed by atoms with Crippen molar-refractivity contribution in [2.45, 2.75) is 24.0 Å². The zero-order valence-electron chi connectivity index (χ0n) is 12.6. The fourth-order valence-electron chi connectivity index (χ4n) is 2.13. The number of benzene rings is 1. The molecule has 0 amide bonds. The molecule has 24 heavy (non-hydrogen) atoms. The number of alkyl halides is 3. The molecule has 0 bridgehead atoms. The van der Waals surface area contributed by atoms with E-state index in [1.54, 1.807) is 6.92 Å². The van der Waals surface area contributed by atoms with Crippen LogP contribution in [-0.4, -0.2) is 22.0 Å². The van der Waals surface area contributed by atoms with Crippen molar-refractivity contribution in [2.75, 3.05) is 6.54 Å². The number of hydrogen-bond acceptors (Lipinski definition) is 4. The second-order valence-electron chi connectivity index (χ2n) is 4.84. The van der Waals surface area contributed by atoms with Gasteiger partial charge >= 0.3 is 6.18 Å². The Morgan fingerprint density at radius 3 is 2.46 bits per heavy atom. The molecular weight excluding hydrogens is 342 g/mol. The summed E-state index contributed by atoms with van der Waals surface area (Å²) >= 11 is 0.858. The van der Waals surface area contributed by atoms with Crippen LogP contribution in [-0.2, 0) is 0 Å². The molecule has 2 aromatic rings. The molecule has 126 valence electrons. The third-order valence-electron chi connectivity index (χ3n) is 3.16. The minimum Gasteiger partial charge on any atom is -0.262 e. The SMILES string of the molecule is CCN(Sc1cncc(C#N)c1)C(c1ccc(F)cc1)C(F)(F)F. The maximum atomic E-state index is 13.6. The Bertz CT molecular complexity index is 725. The maximum Gasteiger partial charge on any atom is 0.408 e. The number of halogens is 4. The van der Waals surface area contributed by atoms with Gasteiger partial charge in [0.25, 0.3) is 0 Å². The molecular formula is C16H13F4N3S. The second kappa shape index (κ2) is 7.64. The Morgan fingerprint density at radius 1 is 1.25 bits per heavy atom. The number of nitrogens with zero attached hydrogens (tertiary/aromatic N) is 3. The predicted octanol–water partition coefficient (Wildman–Crippen LogP) is 4.72. The predicted molar refractivity (Wildman–Crippen MR) is 82.4 cm³/mol. The van der Waals surface area contributed by atoms with E-state index in [-0.39, 0.29) is 17.7 Å². The van der Waals surface area contributed by atoms with Gasteiger partial charge in [-0.1, -0.05) is 19.1 Å². The van der Waals surface area contributed by atoms with Gasteiger partial charge in [0, 0.05) is 23.8 Å². The summed E-state index contributed by atoms with van der Waals surface area (Å²) in [6.07, 6.45) is -1.81. The summed E-state index contributed by atoms with van der Waals surface area (Å²) < 4.78 is 54.9. The van der Waals surface area contributed by atoms with Crippen LogP contribution < -0.4 is 0 Å². The van der Waals surface area contributed by atoms with Crippen LogP contribution in [0.4, 0.5) is 17.6 Å². The van der Waals surface area contributed by atoms with Gasteiger partial charge < -0.3 is 0 Å². The summed E-state index contributed by atoms with van der Waals surface area (Å²) in [5, 5.41) is 8.87. The zero-order chi connectivity index (χ0) is 17.7. The van der Waals surface area contributed by atoms with Gasteiger partial charge in [0.2, 0.25) is 0 Å². The highest BCUT2D eigenvalue weighted by Crippen LogP contribution is 2.42. The lowest BCUT2D eigenvalue weighted by Crippen LogP contribution is -2.34. The van der Waals surface area contributed by atoms with Gasteiger partial charge in [-0.3, -0.25) is 4.98 Å². The quantitative estimate of drug-likeness (QED) is 0.574. The van der Waals surface area contributed by atoms with Gasteiger partial charge in [-0.05, 0) is 35.7 Å². The lowest BCUT2D eigenvalue weighted by atomic mass is 10.1. The third-order valence-corrected chi connectivity index (χ3v) is 4.30. The Balaban J connectivity index is 2.35. The van der Waals surface area contributed by atoms with Gasteiger partial charge in [0.1, 0.15) is 17.9 Å². The number of hydrogen-bond donors (Lipinski definition) is 0. The topological polar surface area (TPSA) is 39.9 Å². The summed E-state index contributed by atoms with van der Waals surface area (Å²) in [6, 6.07) is 5.72. The molecule has 1 aromatic heterocycles. The summed E-state index contributed by atoms with van der Waals surface area (Å²) in [7, 11) is 0. The Labute approximate surface area is 141 Å². The van der Waals surface area contributed by atoms with Crippen LogP contribution in [0.15, 0.2) is 47.6 Å². The molecule has 0 aliphatic heterocycles. The van der Waals surface area contributed by atoms with Crippen molar-refractivity contribution in [1.82, 2.24) is 9.29 Å². The number of nitriles is 1. The Morgan fingerprint density at radius 2 is 1.92 bits per heavy atom. The van der Waals surface area contributed by atoms with Crippen molar-refractivity contribution in [2.24, 2.45) is 0 Å². The van der Waals surface area contributed by atoms with Crippen LogP contribution in [0.2, 0.25) is 0 Å². The van der Waals surface area contributed by atoms with E-state index in [1.807, 2.05) is 6.07 Å². The Kier molecular flexibility index (Phi) is 5.80. The van der Waals surface area contributed by atoms with Gasteiger partial charge in [-0.25, -0.2) is 8.70 Å². The van der Waals surface area contributed by atoms with Crippen LogP contribution in [0.3, 0.4) is 0 Å². The highest BCUT2D eigenvalue weighted by Gasteiger charge is 2.44. The average molecular weight is 355 g/mol. The monoisotopic (exact) mass is 355 g/mol. The van der Waals surface area contributed by atoms with Crippen LogP contribution >= 0.6 is 11.9 Å². The van der Waals surface area contributed by atoms with Gasteiger partial charge in [0.15, 0.2) is 0 Å². The molecule has 1 heterocycles. The standard InChI is InChI=1S/C16H13F4N3S/c1-2-23(24-14-7-11(8-21)9-22-10-14)15(16(18,19)20)12-3-5-13(17)6-4-12/h3-7,9-10,15H,2H2,1H3. The molecule has 0 saturated carbocycles. The fraction of sp³-hybridized carbons (Fsp3) is 0.250. The van der Waals surface area contributed by atoms with E-state index in [2.05, 4.69) is 4.98 Å². The molecule has 1 unspecified atom stereocenters. The van der Waals surface area contributed by atoms with Crippen LogP contribution in [0.25, 0.3) is 0 Å². The first kappa shape index (κ1) is 18.2. The molecule has 3 nitrogen and oxygen atoms in total. The summed E-state index contributed by atoms with van der Waals surface area (Å²) in [4.78, 5) is 4.27. The van der Waals surface area contributed by atoms with E-state index in [1.165, 1.54) is 18.5 Å². The van der Waals surface area contributed by atoms with Crippen molar-refractivity contribution in [1.29, 1.82) is 5.26 Å². The minimum absolute atomic E-state index is 0.0531. The van der Waals surface area contributed by atoms with Crippen molar-refractivity contribution in [3.8, 4) is 6.07 Å². The number of aromatic nitrogens is 1. The molecule has 0 radical (unpaired) electrons. The molecule has 8 heteroatoms. The molecule has 0 aliphatic carbocycles. The minimum atomic E-state index is -4.54. The smallest absolute Gasteiger partial charge is 0.262 e. The molecule has 0 N–H and O–H groups in total. The molecule has 0 spiro atoms. The van der Waals surface area contributed by atoms with Gasteiger partial charge in [0.05, 0.1) is 5.56 Å². The first-order chi connectivity index (χ1) is 11.3. The van der Waals surface area contributed by atoms with Crippen molar-refractivity contribution in [3.63, 3.8) is 0 Å². The lowest BCUT2D eigenvalue weighted by molar-refractivity contribution is -0.172. The molecule has 1 aromatic carbocycles. The Hall–Kier alpha value is -2.11. The second-order valence-corrected chi connectivity index (χ2v) is 5.96. The van der Waals surface area contributed by atoms with Crippen molar-refractivity contribution >= 4 is 11.9 Å². The summed E-state index contributed by atoms with van der Waals surface area (Å²) in [5.41, 5.74) is 0.212. The maximum absolute atomic E-state index is 13.6. The summed E-state index contributed by atoms with van der Waals surface area (Å²) in [6.45, 7) is 1.68. The molecule has 2 rings (SSSR count). The number of rotatable bonds is 5. The van der Waals surface area contributed by atoms with E-state index in [0.29, 0.717) is 4.90 Å². The van der Waals surface area contributed by atoms with Gasteiger partial charge in [-0.15, -0.1) is 0 Å². The highest BCUT2D eigenvalue weighted by molar-refractivity contribution is 7.97. The summed E-state index contributed by atoms with van der Waals surface area (Å²) in [5.74, 6) is -0.596. The van der Waals surface area contributed by atoms with Gasteiger partial charge in [-0.2, -0.15) is 18.4 Å². The van der Waals surface area contributed by atoms with E-state index >= 15 is 0 Å². The number of pyridine rings is 1. The lowest BCUT2D eigenvalue weighted by Gasteiger charge is -2.31. The first-order valence-corrected chi connectivity index (χ1v) is 7.74. The van der Waals surface area contributed by atoms with Crippen LogP contribution in [0.5, 0.6) is 0 Å². The van der Waals surface area contributed by atoms with Crippen LogP contribution in [0, 0.1) is 17.1 Å². The fourth-order valence-corrected chi connectivity index (χ4v) is 3.16.